The molecule has 0 saturated carbocycles. The molecule has 0 aliphatic rings. The first-order chi connectivity index (χ1) is 9.50. The lowest BCUT2D eigenvalue weighted by atomic mass is 10.4. The van der Waals surface area contributed by atoms with Crippen LogP contribution in [0.25, 0.3) is 0 Å². The lowest BCUT2D eigenvalue weighted by Gasteiger charge is -2.12. The van der Waals surface area contributed by atoms with E-state index in [1.54, 1.807) is 32.2 Å². The van der Waals surface area contributed by atoms with Crippen LogP contribution in [-0.2, 0) is 20.2 Å². The fourth-order valence-electron chi connectivity index (χ4n) is 1.51. The van der Waals surface area contributed by atoms with Gasteiger partial charge in [0.1, 0.15) is 5.82 Å². The van der Waals surface area contributed by atoms with Crippen LogP contribution in [0.2, 0.25) is 0 Å². The van der Waals surface area contributed by atoms with Crippen LogP contribution in [0.4, 0.5) is 5.82 Å². The van der Waals surface area contributed by atoms with E-state index in [4.69, 9.17) is 14.8 Å². The highest BCUT2D eigenvalue weighted by Gasteiger charge is 2.18. The van der Waals surface area contributed by atoms with Crippen molar-refractivity contribution in [3.05, 3.63) is 34.6 Å². The summed E-state index contributed by atoms with van der Waals surface area (Å²) >= 11 is 0. The molecule has 0 aliphatic carbocycles. The van der Waals surface area contributed by atoms with Gasteiger partial charge < -0.3 is 14.8 Å². The molecule has 0 aliphatic heterocycles. The lowest BCUT2D eigenvalue weighted by Crippen LogP contribution is -2.22. The van der Waals surface area contributed by atoms with E-state index in [2.05, 4.69) is 4.98 Å². The van der Waals surface area contributed by atoms with E-state index in [9.17, 15) is 9.36 Å². The van der Waals surface area contributed by atoms with E-state index in [-0.39, 0.29) is 5.82 Å². The standard InChI is InChI=1S/C12H20N3O4P/c1-3-18-20(17,19-4-2)10-6-5-8-15-9-7-11(13)14-12(15)16/h6-7,9-10H,3-5,8H2,1-2H3,(H2,13,14,16). The minimum atomic E-state index is -3.16. The van der Waals surface area contributed by atoms with Gasteiger partial charge in [0.05, 0.1) is 13.2 Å². The third kappa shape index (κ3) is 5.28. The Morgan fingerprint density at radius 1 is 1.40 bits per heavy atom. The van der Waals surface area contributed by atoms with Crippen LogP contribution in [0.1, 0.15) is 20.3 Å². The molecule has 0 fully saturated rings. The summed E-state index contributed by atoms with van der Waals surface area (Å²) in [6.45, 7) is 4.53. The Balaban J connectivity index is 2.60. The molecule has 7 nitrogen and oxygen atoms in total. The number of nitrogens with two attached hydrogens (primary N) is 1. The van der Waals surface area contributed by atoms with Crippen molar-refractivity contribution in [1.82, 2.24) is 9.55 Å². The largest absolute Gasteiger partial charge is 0.383 e. The Bertz CT molecular complexity index is 546. The first kappa shape index (κ1) is 16.6. The third-order valence-corrected chi connectivity index (χ3v) is 4.15. The summed E-state index contributed by atoms with van der Waals surface area (Å²) in [4.78, 5) is 15.1. The van der Waals surface area contributed by atoms with Crippen LogP contribution < -0.4 is 11.4 Å². The van der Waals surface area contributed by atoms with Gasteiger partial charge in [-0.25, -0.2) is 4.79 Å². The molecule has 0 radical (unpaired) electrons. The van der Waals surface area contributed by atoms with Gasteiger partial charge in [0.15, 0.2) is 0 Å². The lowest BCUT2D eigenvalue weighted by molar-refractivity contribution is 0.229. The molecular formula is C12H20N3O4P. The van der Waals surface area contributed by atoms with Crippen LogP contribution in [0.15, 0.2) is 29.0 Å². The Kier molecular flexibility index (Phi) is 6.64. The quantitative estimate of drug-likeness (QED) is 0.738. The van der Waals surface area contributed by atoms with E-state index in [0.29, 0.717) is 26.2 Å². The number of aromatic nitrogens is 2. The average molecular weight is 301 g/mol. The van der Waals surface area contributed by atoms with Gasteiger partial charge in [-0.1, -0.05) is 6.08 Å². The van der Waals surface area contributed by atoms with Crippen molar-refractivity contribution in [1.29, 1.82) is 0 Å². The number of hydrogen-bond donors (Lipinski definition) is 1. The molecule has 1 aromatic heterocycles. The molecule has 0 atom stereocenters. The zero-order valence-electron chi connectivity index (χ0n) is 11.7. The van der Waals surface area contributed by atoms with Crippen molar-refractivity contribution >= 4 is 13.4 Å². The second-order valence-electron chi connectivity index (χ2n) is 3.88. The molecule has 20 heavy (non-hydrogen) atoms. The van der Waals surface area contributed by atoms with Gasteiger partial charge in [-0.3, -0.25) is 9.13 Å². The summed E-state index contributed by atoms with van der Waals surface area (Å²) in [5.74, 6) is 1.62. The molecule has 1 aromatic rings. The maximum atomic E-state index is 12.1. The van der Waals surface area contributed by atoms with Crippen LogP contribution >= 0.6 is 7.60 Å². The van der Waals surface area contributed by atoms with Crippen molar-refractivity contribution in [2.75, 3.05) is 18.9 Å². The number of nitrogens with zero attached hydrogens (tertiary/aromatic N) is 2. The van der Waals surface area contributed by atoms with Gasteiger partial charge >= 0.3 is 13.3 Å². The van der Waals surface area contributed by atoms with Gasteiger partial charge in [0.2, 0.25) is 0 Å². The molecule has 2 N–H and O–H groups in total. The van der Waals surface area contributed by atoms with Crippen LogP contribution in [0, 0.1) is 0 Å². The minimum absolute atomic E-state index is 0.194. The zero-order valence-corrected chi connectivity index (χ0v) is 12.6. The highest BCUT2D eigenvalue weighted by Crippen LogP contribution is 2.49. The number of anilines is 1. The van der Waals surface area contributed by atoms with E-state index in [1.165, 1.54) is 10.4 Å². The number of hydrogen-bond acceptors (Lipinski definition) is 6. The molecule has 8 heteroatoms. The predicted molar refractivity (Wildman–Crippen MR) is 77.5 cm³/mol. The van der Waals surface area contributed by atoms with E-state index < -0.39 is 13.3 Å². The normalized spacial score (nSPS) is 12.1. The van der Waals surface area contributed by atoms with Crippen LogP contribution in [0.3, 0.4) is 0 Å². The minimum Gasteiger partial charge on any atom is -0.383 e. The predicted octanol–water partition coefficient (Wildman–Crippen LogP) is 2.00. The van der Waals surface area contributed by atoms with Gasteiger partial charge in [-0.05, 0) is 26.3 Å². The Labute approximate surface area is 118 Å². The van der Waals surface area contributed by atoms with Crippen molar-refractivity contribution < 1.29 is 13.6 Å². The fraction of sp³-hybridized carbons (Fsp3) is 0.500. The van der Waals surface area contributed by atoms with Crippen LogP contribution in [-0.4, -0.2) is 22.8 Å². The molecule has 0 spiro atoms. The van der Waals surface area contributed by atoms with Crippen molar-refractivity contribution in [2.24, 2.45) is 0 Å². The molecule has 0 unspecified atom stereocenters. The number of rotatable bonds is 8. The summed E-state index contributed by atoms with van der Waals surface area (Å²) in [5, 5.41) is 0. The molecular weight excluding hydrogens is 281 g/mol. The second kappa shape index (κ2) is 7.99. The molecule has 0 amide bonds. The SMILES string of the molecule is CCOP(=O)(C=CCCn1ccc(N)nc1=O)OCC. The Hall–Kier alpha value is -1.43. The molecule has 0 aromatic carbocycles. The summed E-state index contributed by atoms with van der Waals surface area (Å²) in [6, 6.07) is 1.55. The monoisotopic (exact) mass is 301 g/mol. The highest BCUT2D eigenvalue weighted by molar-refractivity contribution is 7.57. The number of aryl methyl sites for hydroxylation is 1. The molecule has 1 rings (SSSR count). The summed E-state index contributed by atoms with van der Waals surface area (Å²) in [5.41, 5.74) is 4.99. The first-order valence-electron chi connectivity index (χ1n) is 6.40. The Morgan fingerprint density at radius 3 is 2.60 bits per heavy atom. The van der Waals surface area contributed by atoms with Crippen molar-refractivity contribution in [2.45, 2.75) is 26.8 Å². The highest BCUT2D eigenvalue weighted by atomic mass is 31.2. The van der Waals surface area contributed by atoms with Crippen molar-refractivity contribution in [3.8, 4) is 0 Å². The molecule has 0 bridgehead atoms. The van der Waals surface area contributed by atoms with E-state index >= 15 is 0 Å². The zero-order chi connectivity index (χ0) is 15.0. The first-order valence-corrected chi connectivity index (χ1v) is 8.01. The van der Waals surface area contributed by atoms with Gasteiger partial charge in [-0.15, -0.1) is 0 Å². The molecule has 1 heterocycles. The van der Waals surface area contributed by atoms with Gasteiger partial charge in [0.25, 0.3) is 0 Å². The van der Waals surface area contributed by atoms with Crippen LogP contribution in [0.5, 0.6) is 0 Å². The number of allylic oxidation sites excluding steroid dienone is 1. The fourth-order valence-corrected chi connectivity index (χ4v) is 2.89. The maximum absolute atomic E-state index is 12.1. The van der Waals surface area contributed by atoms with E-state index in [1.807, 2.05) is 0 Å². The van der Waals surface area contributed by atoms with E-state index in [0.717, 1.165) is 0 Å². The maximum Gasteiger partial charge on any atom is 0.353 e. The summed E-state index contributed by atoms with van der Waals surface area (Å²) < 4.78 is 23.8. The average Bonchev–Trinajstić information content (AvgIpc) is 2.37. The molecule has 0 saturated heterocycles. The summed E-state index contributed by atoms with van der Waals surface area (Å²) in [7, 11) is -3.16. The van der Waals surface area contributed by atoms with Gasteiger partial charge in [-0.2, -0.15) is 4.98 Å². The topological polar surface area (TPSA) is 96.4 Å². The smallest absolute Gasteiger partial charge is 0.353 e. The van der Waals surface area contributed by atoms with Crippen molar-refractivity contribution in [3.63, 3.8) is 0 Å². The molecule has 112 valence electrons. The number of nitrogen functional groups attached to an aromatic ring is 1. The third-order valence-electron chi connectivity index (χ3n) is 2.34. The van der Waals surface area contributed by atoms with Gasteiger partial charge in [0, 0.05) is 18.6 Å². The summed E-state index contributed by atoms with van der Waals surface area (Å²) in [6.07, 6.45) is 3.76. The second-order valence-corrected chi connectivity index (χ2v) is 5.77. The Morgan fingerprint density at radius 2 is 2.05 bits per heavy atom.